The summed E-state index contributed by atoms with van der Waals surface area (Å²) in [5, 5.41) is 23.6. The molecule has 0 aliphatic heterocycles. The second-order valence-corrected chi connectivity index (χ2v) is 10.8. The molecule has 10 nitrogen and oxygen atoms in total. The van der Waals surface area contributed by atoms with Gasteiger partial charge in [0.1, 0.15) is 11.6 Å². The molecule has 0 bridgehead atoms. The summed E-state index contributed by atoms with van der Waals surface area (Å²) >= 11 is 1.75. The standard InChI is InChI=1S/C26H29N9OS/c1-16(2)33-15-21(23-10-17(3)32-34(23)8-9-36)20-13-28-25(11-22(20)33)30-24-6-7-27-26(31-24)18-12-29-35(14-18)37-19-4-5-19/h6-7,10-16,19,36H,4-5,8-9H2,1-3H3,(H,27,28,30,31). The molecular weight excluding hydrogens is 486 g/mol. The van der Waals surface area contributed by atoms with Crippen LogP contribution in [0.2, 0.25) is 0 Å². The Kier molecular flexibility index (Phi) is 6.17. The van der Waals surface area contributed by atoms with Crippen LogP contribution in [0.15, 0.2) is 49.2 Å². The van der Waals surface area contributed by atoms with Crippen molar-refractivity contribution in [3.63, 3.8) is 0 Å². The number of aliphatic hydroxyl groups is 1. The number of aromatic nitrogens is 8. The quantitative estimate of drug-likeness (QED) is 0.287. The molecule has 190 valence electrons. The summed E-state index contributed by atoms with van der Waals surface area (Å²) in [6, 6.07) is 6.18. The van der Waals surface area contributed by atoms with Crippen molar-refractivity contribution in [3.8, 4) is 22.6 Å². The Bertz CT molecular complexity index is 1560. The van der Waals surface area contributed by atoms with Crippen LogP contribution in [0, 0.1) is 6.92 Å². The predicted octanol–water partition coefficient (Wildman–Crippen LogP) is 4.84. The normalized spacial score (nSPS) is 13.6. The minimum atomic E-state index is 0.0321. The van der Waals surface area contributed by atoms with Crippen molar-refractivity contribution >= 4 is 34.5 Å². The van der Waals surface area contributed by atoms with Crippen molar-refractivity contribution in [2.45, 2.75) is 51.4 Å². The average Bonchev–Trinajstić information content (AvgIpc) is 3.26. The van der Waals surface area contributed by atoms with Gasteiger partial charge in [-0.3, -0.25) is 4.68 Å². The molecular formula is C26H29N9OS. The Morgan fingerprint density at radius 1 is 1.14 bits per heavy atom. The fourth-order valence-electron chi connectivity index (χ4n) is 4.37. The fourth-order valence-corrected chi connectivity index (χ4v) is 5.30. The Labute approximate surface area is 218 Å². The van der Waals surface area contributed by atoms with Crippen LogP contribution in [0.5, 0.6) is 0 Å². The van der Waals surface area contributed by atoms with E-state index in [0.29, 0.717) is 29.3 Å². The molecule has 11 heteroatoms. The van der Waals surface area contributed by atoms with Gasteiger partial charge in [-0.05, 0) is 57.7 Å². The molecule has 0 atom stereocenters. The van der Waals surface area contributed by atoms with E-state index in [0.717, 1.165) is 33.4 Å². The minimum absolute atomic E-state index is 0.0321. The van der Waals surface area contributed by atoms with E-state index in [-0.39, 0.29) is 12.6 Å². The highest BCUT2D eigenvalue weighted by atomic mass is 32.2. The highest BCUT2D eigenvalue weighted by Crippen LogP contribution is 2.36. The number of anilines is 2. The van der Waals surface area contributed by atoms with E-state index in [1.54, 1.807) is 24.3 Å². The summed E-state index contributed by atoms with van der Waals surface area (Å²) < 4.78 is 5.99. The third-order valence-electron chi connectivity index (χ3n) is 6.28. The molecule has 0 saturated heterocycles. The number of hydrogen-bond acceptors (Lipinski definition) is 8. The zero-order valence-electron chi connectivity index (χ0n) is 21.0. The maximum atomic E-state index is 9.51. The molecule has 1 aliphatic carbocycles. The van der Waals surface area contributed by atoms with Crippen LogP contribution in [0.4, 0.5) is 11.6 Å². The molecule has 5 aromatic rings. The van der Waals surface area contributed by atoms with E-state index in [2.05, 4.69) is 51.2 Å². The van der Waals surface area contributed by atoms with Crippen molar-refractivity contribution in [3.05, 3.63) is 54.9 Å². The van der Waals surface area contributed by atoms with Crippen LogP contribution in [0.25, 0.3) is 33.5 Å². The first-order chi connectivity index (χ1) is 18.0. The molecule has 1 fully saturated rings. The number of fused-ring (bicyclic) bond motifs is 1. The molecule has 37 heavy (non-hydrogen) atoms. The Hall–Kier alpha value is -3.70. The van der Waals surface area contributed by atoms with Crippen molar-refractivity contribution in [1.29, 1.82) is 0 Å². The highest BCUT2D eigenvalue weighted by Gasteiger charge is 2.23. The Balaban J connectivity index is 1.31. The van der Waals surface area contributed by atoms with Crippen LogP contribution < -0.4 is 5.32 Å². The molecule has 2 N–H and O–H groups in total. The maximum absolute atomic E-state index is 9.51. The molecule has 0 spiro atoms. The molecule has 0 radical (unpaired) electrons. The summed E-state index contributed by atoms with van der Waals surface area (Å²) in [6.07, 6.45) is 12.1. The van der Waals surface area contributed by atoms with Gasteiger partial charge in [0.2, 0.25) is 0 Å². The lowest BCUT2D eigenvalue weighted by Crippen LogP contribution is -2.05. The van der Waals surface area contributed by atoms with Gasteiger partial charge in [-0.2, -0.15) is 10.2 Å². The van der Waals surface area contributed by atoms with Gasteiger partial charge in [-0.25, -0.2) is 19.0 Å². The lowest BCUT2D eigenvalue weighted by atomic mass is 10.1. The molecule has 6 rings (SSSR count). The van der Waals surface area contributed by atoms with E-state index in [4.69, 9.17) is 9.97 Å². The zero-order valence-corrected chi connectivity index (χ0v) is 21.9. The maximum Gasteiger partial charge on any atom is 0.164 e. The number of nitrogens with one attached hydrogen (secondary N) is 1. The molecule has 5 heterocycles. The SMILES string of the molecule is Cc1cc(-c2cn(C(C)C)c3cc(Nc4ccnc(-c5cnn(SC6CC6)c5)n4)ncc23)n(CCO)n1. The van der Waals surface area contributed by atoms with Crippen molar-refractivity contribution < 1.29 is 5.11 Å². The number of pyridine rings is 1. The van der Waals surface area contributed by atoms with Gasteiger partial charge < -0.3 is 15.0 Å². The van der Waals surface area contributed by atoms with Crippen molar-refractivity contribution in [1.82, 2.24) is 38.5 Å². The van der Waals surface area contributed by atoms with Crippen LogP contribution >= 0.6 is 11.9 Å². The van der Waals surface area contributed by atoms with Crippen LogP contribution in [-0.2, 0) is 6.54 Å². The fraction of sp³-hybridized carbons (Fsp3) is 0.346. The molecule has 0 amide bonds. The lowest BCUT2D eigenvalue weighted by molar-refractivity contribution is 0.270. The predicted molar refractivity (Wildman–Crippen MR) is 146 cm³/mol. The summed E-state index contributed by atoms with van der Waals surface area (Å²) in [6.45, 7) is 6.76. The van der Waals surface area contributed by atoms with Gasteiger partial charge in [0.15, 0.2) is 5.82 Å². The van der Waals surface area contributed by atoms with E-state index in [1.807, 2.05) is 40.2 Å². The second kappa shape index (κ2) is 9.64. The largest absolute Gasteiger partial charge is 0.394 e. The zero-order chi connectivity index (χ0) is 25.5. The number of aliphatic hydroxyl groups excluding tert-OH is 1. The number of nitrogens with zero attached hydrogens (tertiary/aromatic N) is 8. The van der Waals surface area contributed by atoms with Gasteiger partial charge in [-0.15, -0.1) is 0 Å². The molecule has 1 saturated carbocycles. The topological polar surface area (TPSA) is 112 Å². The van der Waals surface area contributed by atoms with E-state index in [1.165, 1.54) is 12.8 Å². The third kappa shape index (κ3) is 4.84. The number of aryl methyl sites for hydroxylation is 1. The lowest BCUT2D eigenvalue weighted by Gasteiger charge is -2.10. The first kappa shape index (κ1) is 23.7. The second-order valence-electron chi connectivity index (χ2n) is 9.57. The molecule has 1 aliphatic rings. The van der Waals surface area contributed by atoms with E-state index < -0.39 is 0 Å². The van der Waals surface area contributed by atoms with Gasteiger partial charge in [0.25, 0.3) is 0 Å². The Morgan fingerprint density at radius 3 is 2.78 bits per heavy atom. The summed E-state index contributed by atoms with van der Waals surface area (Å²) in [5.74, 6) is 1.98. The van der Waals surface area contributed by atoms with Gasteiger partial charge in [0.05, 0.1) is 41.8 Å². The third-order valence-corrected chi connectivity index (χ3v) is 7.46. The van der Waals surface area contributed by atoms with Crippen LogP contribution in [0.3, 0.4) is 0 Å². The first-order valence-corrected chi connectivity index (χ1v) is 13.3. The highest BCUT2D eigenvalue weighted by molar-refractivity contribution is 7.98. The molecule has 0 unspecified atom stereocenters. The van der Waals surface area contributed by atoms with E-state index in [9.17, 15) is 5.11 Å². The summed E-state index contributed by atoms with van der Waals surface area (Å²) in [5.41, 5.74) is 4.87. The molecule has 0 aromatic carbocycles. The van der Waals surface area contributed by atoms with Crippen LogP contribution in [-0.4, -0.2) is 55.4 Å². The Morgan fingerprint density at radius 2 is 2.00 bits per heavy atom. The number of hydrogen-bond donors (Lipinski definition) is 2. The summed E-state index contributed by atoms with van der Waals surface area (Å²) in [4.78, 5) is 13.9. The first-order valence-electron chi connectivity index (χ1n) is 12.5. The van der Waals surface area contributed by atoms with Crippen molar-refractivity contribution in [2.75, 3.05) is 11.9 Å². The summed E-state index contributed by atoms with van der Waals surface area (Å²) in [7, 11) is 0. The van der Waals surface area contributed by atoms with Gasteiger partial charge >= 0.3 is 0 Å². The number of rotatable bonds is 9. The minimum Gasteiger partial charge on any atom is -0.394 e. The van der Waals surface area contributed by atoms with Gasteiger partial charge in [0, 0.05) is 53.1 Å². The monoisotopic (exact) mass is 515 g/mol. The smallest absolute Gasteiger partial charge is 0.164 e. The van der Waals surface area contributed by atoms with Gasteiger partial charge in [-0.1, -0.05) is 0 Å². The molecule has 5 aromatic heterocycles. The van der Waals surface area contributed by atoms with E-state index >= 15 is 0 Å². The van der Waals surface area contributed by atoms with Crippen LogP contribution in [0.1, 0.15) is 38.4 Å². The average molecular weight is 516 g/mol. The van der Waals surface area contributed by atoms with Crippen molar-refractivity contribution in [2.24, 2.45) is 0 Å².